The average Bonchev–Trinajstić information content (AvgIpc) is 2.72. The second kappa shape index (κ2) is 6.50. The number of rotatable bonds is 4. The van der Waals surface area contributed by atoms with Crippen LogP contribution in [0.15, 0.2) is 0 Å². The second-order valence-corrected chi connectivity index (χ2v) is 6.26. The largest absolute Gasteiger partial charge is 0.480 e. The lowest BCUT2D eigenvalue weighted by Crippen LogP contribution is -2.50. The smallest absolute Gasteiger partial charge is 0.326 e. The first-order valence-electron chi connectivity index (χ1n) is 7.85. The van der Waals surface area contributed by atoms with E-state index in [1.165, 1.54) is 0 Å². The third-order valence-corrected chi connectivity index (χ3v) is 4.66. The molecule has 0 bridgehead atoms. The Morgan fingerprint density at radius 2 is 2.05 bits per heavy atom. The molecule has 1 saturated heterocycles. The van der Waals surface area contributed by atoms with Crippen LogP contribution in [0.1, 0.15) is 43.1 Å². The summed E-state index contributed by atoms with van der Waals surface area (Å²) in [4.78, 5) is 25.6. The summed E-state index contributed by atoms with van der Waals surface area (Å²) < 4.78 is 1.82. The number of amides is 1. The Labute approximate surface area is 131 Å². The molecule has 2 rings (SSSR count). The lowest BCUT2D eigenvalue weighted by molar-refractivity contribution is -0.153. The van der Waals surface area contributed by atoms with E-state index in [4.69, 9.17) is 0 Å². The van der Waals surface area contributed by atoms with Crippen LogP contribution >= 0.6 is 0 Å². The van der Waals surface area contributed by atoms with E-state index < -0.39 is 12.0 Å². The molecule has 1 N–H and O–H groups in total. The van der Waals surface area contributed by atoms with Gasteiger partial charge in [0.25, 0.3) is 0 Å². The zero-order chi connectivity index (χ0) is 16.4. The summed E-state index contributed by atoms with van der Waals surface area (Å²) in [6.07, 6.45) is 2.91. The van der Waals surface area contributed by atoms with Crippen LogP contribution < -0.4 is 0 Å². The number of carbonyl (C=O) groups is 2. The molecule has 22 heavy (non-hydrogen) atoms. The zero-order valence-electron chi connectivity index (χ0n) is 13.8. The van der Waals surface area contributed by atoms with Crippen LogP contribution in [0.25, 0.3) is 0 Å². The molecule has 1 aromatic heterocycles. The second-order valence-electron chi connectivity index (χ2n) is 6.26. The molecule has 6 nitrogen and oxygen atoms in total. The van der Waals surface area contributed by atoms with Gasteiger partial charge in [-0.05, 0) is 45.1 Å². The summed E-state index contributed by atoms with van der Waals surface area (Å²) in [6, 6.07) is -0.667. The number of hydrogen-bond acceptors (Lipinski definition) is 3. The molecule has 0 aliphatic carbocycles. The fraction of sp³-hybridized carbons (Fsp3) is 0.688. The standard InChI is InChI=1S/C16H25N3O3/c1-10(9-13-11(2)17-18(4)12(13)3)15(20)19-8-6-5-7-14(19)16(21)22/h10,14H,5-9H2,1-4H3,(H,21,22). The molecule has 1 amide bonds. The number of aromatic nitrogens is 2. The Balaban J connectivity index is 2.12. The maximum atomic E-state index is 12.7. The van der Waals surface area contributed by atoms with E-state index in [1.54, 1.807) is 4.90 Å². The third kappa shape index (κ3) is 3.15. The highest BCUT2D eigenvalue weighted by Crippen LogP contribution is 2.23. The third-order valence-electron chi connectivity index (χ3n) is 4.66. The molecule has 2 unspecified atom stereocenters. The van der Waals surface area contributed by atoms with Crippen LogP contribution in [0.2, 0.25) is 0 Å². The first kappa shape index (κ1) is 16.5. The first-order valence-corrected chi connectivity index (χ1v) is 7.85. The number of piperidine rings is 1. The van der Waals surface area contributed by atoms with Crippen molar-refractivity contribution in [2.24, 2.45) is 13.0 Å². The van der Waals surface area contributed by atoms with Gasteiger partial charge in [0.05, 0.1) is 5.69 Å². The molecule has 1 aromatic rings. The molecule has 2 atom stereocenters. The highest BCUT2D eigenvalue weighted by atomic mass is 16.4. The van der Waals surface area contributed by atoms with Crippen LogP contribution in [0.4, 0.5) is 0 Å². The predicted octanol–water partition coefficient (Wildman–Crippen LogP) is 1.68. The Morgan fingerprint density at radius 3 is 2.59 bits per heavy atom. The van der Waals surface area contributed by atoms with Crippen molar-refractivity contribution < 1.29 is 14.7 Å². The van der Waals surface area contributed by atoms with Gasteiger partial charge in [-0.2, -0.15) is 5.10 Å². The topological polar surface area (TPSA) is 75.4 Å². The SMILES string of the molecule is Cc1nn(C)c(C)c1CC(C)C(=O)N1CCCCC1C(=O)O. The van der Waals surface area contributed by atoms with Gasteiger partial charge in [-0.25, -0.2) is 4.79 Å². The fourth-order valence-electron chi connectivity index (χ4n) is 3.24. The summed E-state index contributed by atoms with van der Waals surface area (Å²) in [5, 5.41) is 13.7. The number of carbonyl (C=O) groups excluding carboxylic acids is 1. The van der Waals surface area contributed by atoms with Gasteiger partial charge in [-0.1, -0.05) is 6.92 Å². The van der Waals surface area contributed by atoms with E-state index in [0.29, 0.717) is 19.4 Å². The van der Waals surface area contributed by atoms with E-state index in [0.717, 1.165) is 29.8 Å². The maximum absolute atomic E-state index is 12.7. The quantitative estimate of drug-likeness (QED) is 0.918. The van der Waals surface area contributed by atoms with Crippen molar-refractivity contribution in [1.29, 1.82) is 0 Å². The minimum atomic E-state index is -0.894. The van der Waals surface area contributed by atoms with Gasteiger partial charge < -0.3 is 10.0 Å². The molecule has 2 heterocycles. The summed E-state index contributed by atoms with van der Waals surface area (Å²) in [5.41, 5.74) is 3.09. The molecular weight excluding hydrogens is 282 g/mol. The molecule has 122 valence electrons. The summed E-state index contributed by atoms with van der Waals surface area (Å²) in [5.74, 6) is -1.19. The van der Waals surface area contributed by atoms with Crippen molar-refractivity contribution in [1.82, 2.24) is 14.7 Å². The molecule has 0 radical (unpaired) electrons. The van der Waals surface area contributed by atoms with E-state index in [2.05, 4.69) is 5.10 Å². The van der Waals surface area contributed by atoms with Crippen LogP contribution in [0.3, 0.4) is 0 Å². The molecule has 6 heteroatoms. The predicted molar refractivity (Wildman–Crippen MR) is 82.5 cm³/mol. The molecule has 0 spiro atoms. The van der Waals surface area contributed by atoms with Crippen LogP contribution in [-0.2, 0) is 23.1 Å². The highest BCUT2D eigenvalue weighted by Gasteiger charge is 2.34. The van der Waals surface area contributed by atoms with Crippen molar-refractivity contribution in [3.8, 4) is 0 Å². The lowest BCUT2D eigenvalue weighted by Gasteiger charge is -2.34. The summed E-state index contributed by atoms with van der Waals surface area (Å²) in [7, 11) is 1.89. The molecule has 0 saturated carbocycles. The summed E-state index contributed by atoms with van der Waals surface area (Å²) in [6.45, 7) is 6.36. The van der Waals surface area contributed by atoms with E-state index in [9.17, 15) is 14.7 Å². The Hall–Kier alpha value is -1.85. The van der Waals surface area contributed by atoms with Crippen molar-refractivity contribution in [2.45, 2.75) is 52.5 Å². The van der Waals surface area contributed by atoms with Gasteiger partial charge in [0.2, 0.25) is 5.91 Å². The molecule has 1 fully saturated rings. The number of nitrogens with zero attached hydrogens (tertiary/aromatic N) is 3. The number of carboxylic acid groups (broad SMARTS) is 1. The maximum Gasteiger partial charge on any atom is 0.326 e. The Bertz CT molecular complexity index is 579. The van der Waals surface area contributed by atoms with Crippen LogP contribution in [0.5, 0.6) is 0 Å². The minimum absolute atomic E-state index is 0.0604. The van der Waals surface area contributed by atoms with E-state index >= 15 is 0 Å². The molecular formula is C16H25N3O3. The van der Waals surface area contributed by atoms with Gasteiger partial charge >= 0.3 is 5.97 Å². The van der Waals surface area contributed by atoms with Crippen molar-refractivity contribution >= 4 is 11.9 Å². The normalized spacial score (nSPS) is 20.0. The van der Waals surface area contributed by atoms with Gasteiger partial charge in [0, 0.05) is 25.2 Å². The minimum Gasteiger partial charge on any atom is -0.480 e. The van der Waals surface area contributed by atoms with E-state index in [-0.39, 0.29) is 11.8 Å². The van der Waals surface area contributed by atoms with Crippen molar-refractivity contribution in [3.05, 3.63) is 17.0 Å². The number of carboxylic acids is 1. The Kier molecular flexibility index (Phi) is 4.88. The summed E-state index contributed by atoms with van der Waals surface area (Å²) >= 11 is 0. The molecule has 0 aromatic carbocycles. The van der Waals surface area contributed by atoms with Gasteiger partial charge in [0.1, 0.15) is 6.04 Å². The van der Waals surface area contributed by atoms with Crippen molar-refractivity contribution in [3.63, 3.8) is 0 Å². The van der Waals surface area contributed by atoms with Crippen LogP contribution in [-0.4, -0.2) is 44.3 Å². The monoisotopic (exact) mass is 307 g/mol. The number of aliphatic carboxylic acids is 1. The lowest BCUT2D eigenvalue weighted by atomic mass is 9.95. The Morgan fingerprint density at radius 1 is 1.36 bits per heavy atom. The van der Waals surface area contributed by atoms with Gasteiger partial charge in [0.15, 0.2) is 0 Å². The highest BCUT2D eigenvalue weighted by molar-refractivity contribution is 5.85. The first-order chi connectivity index (χ1) is 10.3. The van der Waals surface area contributed by atoms with Gasteiger partial charge in [-0.3, -0.25) is 9.48 Å². The average molecular weight is 307 g/mol. The number of hydrogen-bond donors (Lipinski definition) is 1. The zero-order valence-corrected chi connectivity index (χ0v) is 13.8. The number of likely N-dealkylation sites (tertiary alicyclic amines) is 1. The number of aryl methyl sites for hydroxylation is 2. The molecule has 1 aliphatic rings. The van der Waals surface area contributed by atoms with Crippen molar-refractivity contribution in [2.75, 3.05) is 6.54 Å². The van der Waals surface area contributed by atoms with E-state index in [1.807, 2.05) is 32.5 Å². The molecule has 1 aliphatic heterocycles. The fourth-order valence-corrected chi connectivity index (χ4v) is 3.24. The van der Waals surface area contributed by atoms with Crippen LogP contribution in [0, 0.1) is 19.8 Å². The van der Waals surface area contributed by atoms with Gasteiger partial charge in [-0.15, -0.1) is 0 Å².